The molecule has 0 radical (unpaired) electrons. The van der Waals surface area contributed by atoms with Gasteiger partial charge in [-0.3, -0.25) is 4.79 Å². The Morgan fingerprint density at radius 1 is 1.55 bits per heavy atom. The molecule has 1 aromatic heterocycles. The van der Waals surface area contributed by atoms with E-state index in [1.807, 2.05) is 6.92 Å². The molecule has 0 bridgehead atoms. The fourth-order valence-corrected chi connectivity index (χ4v) is 3.29. The molecule has 4 nitrogen and oxygen atoms in total. The monoisotopic (exact) mass is 292 g/mol. The predicted octanol–water partition coefficient (Wildman–Crippen LogP) is 2.76. The molecule has 1 N–H and O–H groups in total. The molecule has 1 fully saturated rings. The van der Waals surface area contributed by atoms with E-state index in [9.17, 15) is 4.79 Å². The van der Waals surface area contributed by atoms with E-state index in [0.29, 0.717) is 12.5 Å². The molecule has 1 aromatic rings. The van der Waals surface area contributed by atoms with Crippen LogP contribution in [0, 0.1) is 0 Å². The first-order chi connectivity index (χ1) is 9.74. The van der Waals surface area contributed by atoms with Crippen LogP contribution in [0.15, 0.2) is 16.7 Å². The third-order valence-corrected chi connectivity index (χ3v) is 4.71. The topological polar surface area (TPSA) is 51.2 Å². The molecule has 1 aliphatic carbocycles. The highest BCUT2D eigenvalue weighted by molar-refractivity contribution is 7.09. The van der Waals surface area contributed by atoms with Gasteiger partial charge in [-0.25, -0.2) is 4.98 Å². The van der Waals surface area contributed by atoms with Gasteiger partial charge >= 0.3 is 0 Å². The van der Waals surface area contributed by atoms with Crippen LogP contribution in [0.3, 0.4) is 0 Å². The largest absolute Gasteiger partial charge is 0.498 e. The second-order valence-electron chi connectivity index (χ2n) is 5.43. The number of ether oxygens (including phenoxy) is 1. The zero-order chi connectivity index (χ0) is 13.9. The number of aromatic nitrogens is 1. The van der Waals surface area contributed by atoms with Gasteiger partial charge in [-0.1, -0.05) is 0 Å². The summed E-state index contributed by atoms with van der Waals surface area (Å²) in [6.07, 6.45) is 5.13. The number of carbonyl (C=O) groups excluding carboxylic acids is 1. The summed E-state index contributed by atoms with van der Waals surface area (Å²) in [7, 11) is 0. The normalized spacial score (nSPS) is 18.9. The Labute approximate surface area is 123 Å². The first-order valence-electron chi connectivity index (χ1n) is 7.29. The molecule has 0 saturated heterocycles. The van der Waals surface area contributed by atoms with E-state index in [4.69, 9.17) is 4.74 Å². The minimum absolute atomic E-state index is 0.0150. The van der Waals surface area contributed by atoms with Crippen molar-refractivity contribution in [3.63, 3.8) is 0 Å². The minimum Gasteiger partial charge on any atom is -0.498 e. The quantitative estimate of drug-likeness (QED) is 0.908. The smallest absolute Gasteiger partial charge is 0.250 e. The number of hydrogen-bond donors (Lipinski definition) is 1. The van der Waals surface area contributed by atoms with Gasteiger partial charge in [0.05, 0.1) is 22.9 Å². The lowest BCUT2D eigenvalue weighted by atomic mass is 10.1. The van der Waals surface area contributed by atoms with Crippen LogP contribution >= 0.6 is 11.3 Å². The van der Waals surface area contributed by atoms with Crippen molar-refractivity contribution in [1.82, 2.24) is 10.3 Å². The molecule has 5 heteroatoms. The van der Waals surface area contributed by atoms with Crippen LogP contribution in [0.4, 0.5) is 0 Å². The maximum Gasteiger partial charge on any atom is 0.250 e. The number of rotatable bonds is 5. The summed E-state index contributed by atoms with van der Waals surface area (Å²) in [5, 5.41) is 6.26. The Morgan fingerprint density at radius 3 is 3.15 bits per heavy atom. The maximum atomic E-state index is 12.1. The Kier molecular flexibility index (Phi) is 4.05. The van der Waals surface area contributed by atoms with Crippen molar-refractivity contribution < 1.29 is 9.53 Å². The highest BCUT2D eigenvalue weighted by Gasteiger charge is 2.26. The number of allylic oxidation sites excluding steroid dienone is 1. The zero-order valence-electron chi connectivity index (χ0n) is 11.8. The number of nitrogens with zero attached hydrogens (tertiary/aromatic N) is 1. The molecule has 2 aliphatic rings. The first kappa shape index (κ1) is 13.6. The second kappa shape index (κ2) is 5.95. The minimum atomic E-state index is 0.0150. The molecular formula is C15H20N2O2S. The van der Waals surface area contributed by atoms with Crippen molar-refractivity contribution in [1.29, 1.82) is 0 Å². The molecule has 0 atom stereocenters. The lowest BCUT2D eigenvalue weighted by Crippen LogP contribution is -2.29. The molecule has 0 spiro atoms. The summed E-state index contributed by atoms with van der Waals surface area (Å²) >= 11 is 1.71. The summed E-state index contributed by atoms with van der Waals surface area (Å²) in [5.74, 6) is 1.50. The SMILES string of the molecule is CC1=C(C(=O)NCCc2nc(C3CC3)cs2)CCCO1. The van der Waals surface area contributed by atoms with Gasteiger partial charge < -0.3 is 10.1 Å². The molecule has 3 rings (SSSR count). The van der Waals surface area contributed by atoms with Gasteiger partial charge in [0.2, 0.25) is 0 Å². The van der Waals surface area contributed by atoms with E-state index in [2.05, 4.69) is 15.7 Å². The van der Waals surface area contributed by atoms with Crippen molar-refractivity contribution in [2.75, 3.05) is 13.2 Å². The molecule has 20 heavy (non-hydrogen) atoms. The van der Waals surface area contributed by atoms with Crippen LogP contribution in [0.25, 0.3) is 0 Å². The molecule has 0 aromatic carbocycles. The molecular weight excluding hydrogens is 272 g/mol. The van der Waals surface area contributed by atoms with Gasteiger partial charge in [0, 0.05) is 24.3 Å². The first-order valence-corrected chi connectivity index (χ1v) is 8.17. The fraction of sp³-hybridized carbons (Fsp3) is 0.600. The number of carbonyl (C=O) groups is 1. The van der Waals surface area contributed by atoms with Crippen molar-refractivity contribution in [2.45, 2.75) is 44.9 Å². The zero-order valence-corrected chi connectivity index (χ0v) is 12.6. The number of hydrogen-bond acceptors (Lipinski definition) is 4. The lowest BCUT2D eigenvalue weighted by Gasteiger charge is -2.18. The fourth-order valence-electron chi connectivity index (χ4n) is 2.41. The van der Waals surface area contributed by atoms with E-state index in [-0.39, 0.29) is 5.91 Å². The van der Waals surface area contributed by atoms with E-state index in [1.54, 1.807) is 11.3 Å². The van der Waals surface area contributed by atoms with Crippen LogP contribution < -0.4 is 5.32 Å². The molecule has 1 aliphatic heterocycles. The summed E-state index contributed by atoms with van der Waals surface area (Å²) in [6, 6.07) is 0. The Hall–Kier alpha value is -1.36. The van der Waals surface area contributed by atoms with Gasteiger partial charge in [0.15, 0.2) is 0 Å². The lowest BCUT2D eigenvalue weighted by molar-refractivity contribution is -0.118. The van der Waals surface area contributed by atoms with Crippen molar-refractivity contribution in [2.24, 2.45) is 0 Å². The third kappa shape index (κ3) is 3.20. The second-order valence-corrected chi connectivity index (χ2v) is 6.38. The highest BCUT2D eigenvalue weighted by Crippen LogP contribution is 2.40. The van der Waals surface area contributed by atoms with Gasteiger partial charge in [-0.05, 0) is 32.6 Å². The van der Waals surface area contributed by atoms with Crippen LogP contribution in [-0.4, -0.2) is 24.0 Å². The summed E-state index contributed by atoms with van der Waals surface area (Å²) in [4.78, 5) is 16.7. The van der Waals surface area contributed by atoms with Crippen molar-refractivity contribution >= 4 is 17.2 Å². The van der Waals surface area contributed by atoms with E-state index in [0.717, 1.165) is 42.2 Å². The third-order valence-electron chi connectivity index (χ3n) is 3.78. The van der Waals surface area contributed by atoms with Crippen LogP contribution in [-0.2, 0) is 16.0 Å². The van der Waals surface area contributed by atoms with Crippen LogP contribution in [0.5, 0.6) is 0 Å². The van der Waals surface area contributed by atoms with Crippen molar-refractivity contribution in [3.8, 4) is 0 Å². The summed E-state index contributed by atoms with van der Waals surface area (Å²) in [6.45, 7) is 3.25. The van der Waals surface area contributed by atoms with Gasteiger partial charge in [-0.2, -0.15) is 0 Å². The standard InChI is InChI=1S/C15H20N2O2S/c1-10-12(3-2-8-19-10)15(18)16-7-6-14-17-13(9-20-14)11-4-5-11/h9,11H,2-8H2,1H3,(H,16,18). The predicted molar refractivity (Wildman–Crippen MR) is 78.7 cm³/mol. The molecule has 1 saturated carbocycles. The molecule has 1 amide bonds. The van der Waals surface area contributed by atoms with Gasteiger partial charge in [0.25, 0.3) is 5.91 Å². The number of nitrogens with one attached hydrogen (secondary N) is 1. The molecule has 2 heterocycles. The highest BCUT2D eigenvalue weighted by atomic mass is 32.1. The average molecular weight is 292 g/mol. The van der Waals surface area contributed by atoms with E-state index >= 15 is 0 Å². The average Bonchev–Trinajstić information content (AvgIpc) is 3.19. The van der Waals surface area contributed by atoms with E-state index in [1.165, 1.54) is 18.5 Å². The van der Waals surface area contributed by atoms with E-state index < -0.39 is 0 Å². The van der Waals surface area contributed by atoms with Gasteiger partial charge in [-0.15, -0.1) is 11.3 Å². The van der Waals surface area contributed by atoms with Crippen LogP contribution in [0.2, 0.25) is 0 Å². The van der Waals surface area contributed by atoms with Crippen molar-refractivity contribution in [3.05, 3.63) is 27.4 Å². The number of thiazole rings is 1. The van der Waals surface area contributed by atoms with Gasteiger partial charge in [0.1, 0.15) is 5.76 Å². The maximum absolute atomic E-state index is 12.1. The summed E-state index contributed by atoms with van der Waals surface area (Å²) < 4.78 is 5.42. The molecule has 0 unspecified atom stereocenters. The number of amides is 1. The summed E-state index contributed by atoms with van der Waals surface area (Å²) in [5.41, 5.74) is 2.05. The molecule has 108 valence electrons. The van der Waals surface area contributed by atoms with Crippen LogP contribution in [0.1, 0.15) is 49.2 Å². The Morgan fingerprint density at radius 2 is 2.40 bits per heavy atom. The Bertz CT molecular complexity index is 532. The Balaban J connectivity index is 1.47.